The Morgan fingerprint density at radius 2 is 1.77 bits per heavy atom. The molecule has 118 valence electrons. The number of hydrogen-bond acceptors (Lipinski definition) is 1. The minimum atomic E-state index is -0.352. The van der Waals surface area contributed by atoms with Gasteiger partial charge in [-0.15, -0.1) is 0 Å². The Morgan fingerprint density at radius 1 is 1.18 bits per heavy atom. The van der Waals surface area contributed by atoms with E-state index in [1.165, 1.54) is 50.7 Å². The summed E-state index contributed by atoms with van der Waals surface area (Å²) in [7, 11) is 0. The van der Waals surface area contributed by atoms with E-state index in [0.29, 0.717) is 5.56 Å². The molecule has 1 aromatic rings. The van der Waals surface area contributed by atoms with Gasteiger partial charge in [-0.3, -0.25) is 4.79 Å². The molecular weight excluding hydrogens is 277 g/mol. The normalized spacial score (nSPS) is 37.1. The number of hydrogen-bond donors (Lipinski definition) is 1. The first-order valence-electron chi connectivity index (χ1n) is 8.60. The number of halogens is 1. The van der Waals surface area contributed by atoms with Gasteiger partial charge in [-0.25, -0.2) is 4.39 Å². The maximum absolute atomic E-state index is 13.3. The molecule has 2 nitrogen and oxygen atoms in total. The molecule has 1 aromatic carbocycles. The Kier molecular flexibility index (Phi) is 3.28. The van der Waals surface area contributed by atoms with Crippen molar-refractivity contribution < 1.29 is 9.18 Å². The molecule has 1 N–H and O–H groups in total. The molecule has 0 spiro atoms. The SMILES string of the molecule is C[C@@H](NC(=O)c1cccc(F)c1)C12CC3CC(CC(C3)C1)C2. The lowest BCUT2D eigenvalue weighted by Crippen LogP contribution is -2.55. The van der Waals surface area contributed by atoms with Gasteiger partial charge in [0.05, 0.1) is 0 Å². The van der Waals surface area contributed by atoms with Gasteiger partial charge in [0.25, 0.3) is 5.91 Å². The van der Waals surface area contributed by atoms with Crippen LogP contribution in [0, 0.1) is 29.0 Å². The first kappa shape index (κ1) is 14.2. The van der Waals surface area contributed by atoms with Crippen LogP contribution in [0.2, 0.25) is 0 Å². The molecule has 0 saturated heterocycles. The van der Waals surface area contributed by atoms with E-state index in [1.54, 1.807) is 12.1 Å². The number of rotatable bonds is 3. The second-order valence-corrected chi connectivity index (χ2v) is 7.99. The average molecular weight is 301 g/mol. The molecule has 4 aliphatic rings. The summed E-state index contributed by atoms with van der Waals surface area (Å²) in [4.78, 5) is 12.4. The lowest BCUT2D eigenvalue weighted by Gasteiger charge is -2.59. The molecule has 5 rings (SSSR count). The lowest BCUT2D eigenvalue weighted by atomic mass is 9.48. The maximum atomic E-state index is 13.3. The fourth-order valence-corrected chi connectivity index (χ4v) is 5.77. The van der Waals surface area contributed by atoms with Crippen LogP contribution in [-0.4, -0.2) is 11.9 Å². The van der Waals surface area contributed by atoms with E-state index in [0.717, 1.165) is 17.8 Å². The van der Waals surface area contributed by atoms with E-state index >= 15 is 0 Å². The van der Waals surface area contributed by atoms with Crippen molar-refractivity contribution in [2.24, 2.45) is 23.2 Å². The number of benzene rings is 1. The van der Waals surface area contributed by atoms with Gasteiger partial charge in [-0.2, -0.15) is 0 Å². The van der Waals surface area contributed by atoms with Crippen LogP contribution in [0.25, 0.3) is 0 Å². The van der Waals surface area contributed by atoms with Gasteiger partial charge in [0, 0.05) is 11.6 Å². The second-order valence-electron chi connectivity index (χ2n) is 7.99. The number of carbonyl (C=O) groups excluding carboxylic acids is 1. The van der Waals surface area contributed by atoms with Gasteiger partial charge in [-0.1, -0.05) is 6.07 Å². The van der Waals surface area contributed by atoms with Crippen LogP contribution in [0.3, 0.4) is 0 Å². The second kappa shape index (κ2) is 5.07. The van der Waals surface area contributed by atoms with Crippen molar-refractivity contribution in [1.82, 2.24) is 5.32 Å². The van der Waals surface area contributed by atoms with E-state index in [1.807, 2.05) is 0 Å². The first-order valence-corrected chi connectivity index (χ1v) is 8.60. The van der Waals surface area contributed by atoms with Gasteiger partial charge in [0.1, 0.15) is 5.82 Å². The molecule has 1 amide bonds. The summed E-state index contributed by atoms with van der Waals surface area (Å²) in [6.07, 6.45) is 8.02. The quantitative estimate of drug-likeness (QED) is 0.892. The monoisotopic (exact) mass is 301 g/mol. The van der Waals surface area contributed by atoms with Gasteiger partial charge in [0.2, 0.25) is 0 Å². The van der Waals surface area contributed by atoms with Crippen LogP contribution in [-0.2, 0) is 0 Å². The summed E-state index contributed by atoms with van der Waals surface area (Å²) in [6, 6.07) is 6.16. The van der Waals surface area contributed by atoms with E-state index in [9.17, 15) is 9.18 Å². The van der Waals surface area contributed by atoms with Crippen molar-refractivity contribution in [2.75, 3.05) is 0 Å². The topological polar surface area (TPSA) is 29.1 Å². The summed E-state index contributed by atoms with van der Waals surface area (Å²) >= 11 is 0. The Balaban J connectivity index is 1.50. The average Bonchev–Trinajstić information content (AvgIpc) is 2.45. The zero-order valence-electron chi connectivity index (χ0n) is 13.1. The van der Waals surface area contributed by atoms with E-state index in [4.69, 9.17) is 0 Å². The minimum Gasteiger partial charge on any atom is -0.349 e. The van der Waals surface area contributed by atoms with E-state index < -0.39 is 0 Å². The third-order valence-corrected chi connectivity index (χ3v) is 6.44. The number of nitrogens with one attached hydrogen (secondary N) is 1. The zero-order chi connectivity index (χ0) is 15.3. The van der Waals surface area contributed by atoms with Gasteiger partial charge in [0.15, 0.2) is 0 Å². The third-order valence-electron chi connectivity index (χ3n) is 6.44. The van der Waals surface area contributed by atoms with Crippen molar-refractivity contribution >= 4 is 5.91 Å². The van der Waals surface area contributed by atoms with Crippen LogP contribution in [0.15, 0.2) is 24.3 Å². The molecule has 4 aliphatic carbocycles. The molecule has 1 atom stereocenters. The summed E-state index contributed by atoms with van der Waals surface area (Å²) in [5.74, 6) is 2.14. The summed E-state index contributed by atoms with van der Waals surface area (Å²) in [5.41, 5.74) is 0.717. The van der Waals surface area contributed by atoms with Crippen LogP contribution in [0.5, 0.6) is 0 Å². The van der Waals surface area contributed by atoms with Gasteiger partial charge >= 0.3 is 0 Å². The molecular formula is C19H24FNO. The van der Waals surface area contributed by atoms with Crippen molar-refractivity contribution in [1.29, 1.82) is 0 Å². The smallest absolute Gasteiger partial charge is 0.251 e. The van der Waals surface area contributed by atoms with Gasteiger partial charge in [-0.05, 0) is 86.8 Å². The van der Waals surface area contributed by atoms with Crippen LogP contribution >= 0.6 is 0 Å². The fourth-order valence-electron chi connectivity index (χ4n) is 5.77. The highest BCUT2D eigenvalue weighted by Crippen LogP contribution is 2.61. The highest BCUT2D eigenvalue weighted by Gasteiger charge is 2.53. The molecule has 0 unspecified atom stereocenters. The molecule has 4 bridgehead atoms. The summed E-state index contributed by atoms with van der Waals surface area (Å²) in [5, 5.41) is 3.17. The lowest BCUT2D eigenvalue weighted by molar-refractivity contribution is -0.0688. The third kappa shape index (κ3) is 2.35. The molecule has 4 fully saturated rings. The van der Waals surface area contributed by atoms with Crippen LogP contribution in [0.1, 0.15) is 55.8 Å². The predicted molar refractivity (Wildman–Crippen MR) is 83.9 cm³/mol. The van der Waals surface area contributed by atoms with Crippen molar-refractivity contribution in [3.63, 3.8) is 0 Å². The molecule has 3 heteroatoms. The number of amides is 1. The Hall–Kier alpha value is -1.38. The number of carbonyl (C=O) groups is 1. The molecule has 0 heterocycles. The molecule has 4 saturated carbocycles. The first-order chi connectivity index (χ1) is 10.5. The Morgan fingerprint density at radius 3 is 2.32 bits per heavy atom. The zero-order valence-corrected chi connectivity index (χ0v) is 13.1. The summed E-state index contributed by atoms with van der Waals surface area (Å²) < 4.78 is 13.3. The van der Waals surface area contributed by atoms with Gasteiger partial charge < -0.3 is 5.32 Å². The molecule has 0 aliphatic heterocycles. The van der Waals surface area contributed by atoms with Crippen molar-refractivity contribution in [2.45, 2.75) is 51.5 Å². The fraction of sp³-hybridized carbons (Fsp3) is 0.632. The maximum Gasteiger partial charge on any atom is 0.251 e. The largest absolute Gasteiger partial charge is 0.349 e. The van der Waals surface area contributed by atoms with Crippen molar-refractivity contribution in [3.8, 4) is 0 Å². The molecule has 0 aromatic heterocycles. The Labute approximate surface area is 131 Å². The van der Waals surface area contributed by atoms with Crippen LogP contribution < -0.4 is 5.32 Å². The van der Waals surface area contributed by atoms with E-state index in [2.05, 4.69) is 12.2 Å². The van der Waals surface area contributed by atoms with E-state index in [-0.39, 0.29) is 23.2 Å². The van der Waals surface area contributed by atoms with Crippen LogP contribution in [0.4, 0.5) is 4.39 Å². The molecule has 0 radical (unpaired) electrons. The highest BCUT2D eigenvalue weighted by atomic mass is 19.1. The summed E-state index contributed by atoms with van der Waals surface area (Å²) in [6.45, 7) is 2.16. The predicted octanol–water partition coefficient (Wildman–Crippen LogP) is 4.16. The van der Waals surface area contributed by atoms with Crippen molar-refractivity contribution in [3.05, 3.63) is 35.6 Å². The highest BCUT2D eigenvalue weighted by molar-refractivity contribution is 5.94. The standard InChI is InChI=1S/C19H24FNO/c1-12(21-18(22)16-3-2-4-17(20)8-16)19-9-13-5-14(10-19)7-15(6-13)11-19/h2-4,8,12-15H,5-7,9-11H2,1H3,(H,21,22)/t12-,13?,14?,15?,19?/m1/s1. The minimum absolute atomic E-state index is 0.136. The molecule has 22 heavy (non-hydrogen) atoms. The Bertz CT molecular complexity index is 562.